The summed E-state index contributed by atoms with van der Waals surface area (Å²) >= 11 is 0.901. The first kappa shape index (κ1) is 17.8. The Morgan fingerprint density at radius 2 is 2.00 bits per heavy atom. The second-order valence-electron chi connectivity index (χ2n) is 5.01. The molecule has 0 aliphatic carbocycles. The van der Waals surface area contributed by atoms with Crippen LogP contribution < -0.4 is 4.72 Å². The van der Waals surface area contributed by atoms with Gasteiger partial charge in [0.15, 0.2) is 5.76 Å². The second kappa shape index (κ2) is 6.03. The van der Waals surface area contributed by atoms with Crippen molar-refractivity contribution in [1.29, 1.82) is 0 Å². The predicted molar refractivity (Wildman–Crippen MR) is 78.5 cm³/mol. The van der Waals surface area contributed by atoms with E-state index in [0.717, 1.165) is 11.3 Å². The molecular formula is C11H11F3N6O3S2. The van der Waals surface area contributed by atoms with E-state index >= 15 is 0 Å². The van der Waals surface area contributed by atoms with Crippen LogP contribution >= 0.6 is 11.3 Å². The highest BCUT2D eigenvalue weighted by Crippen LogP contribution is 2.29. The van der Waals surface area contributed by atoms with Gasteiger partial charge in [0.1, 0.15) is 15.6 Å². The van der Waals surface area contributed by atoms with Gasteiger partial charge in [-0.1, -0.05) is 16.5 Å². The third-order valence-electron chi connectivity index (χ3n) is 3.15. The number of rotatable bonds is 5. The number of aromatic nitrogens is 5. The topological polar surface area (TPSA) is 115 Å². The van der Waals surface area contributed by atoms with Crippen LogP contribution in [0.25, 0.3) is 4.96 Å². The summed E-state index contributed by atoms with van der Waals surface area (Å²) in [5.41, 5.74) is 0.221. The fraction of sp³-hybridized carbons (Fsp3) is 0.455. The number of nitrogens with zero attached hydrogens (tertiary/aromatic N) is 5. The highest BCUT2D eigenvalue weighted by Gasteiger charge is 2.38. The summed E-state index contributed by atoms with van der Waals surface area (Å²) in [4.78, 5) is -0.0686. The van der Waals surface area contributed by atoms with E-state index in [1.165, 1.54) is 13.8 Å². The zero-order chi connectivity index (χ0) is 18.4. The molecule has 0 aliphatic heterocycles. The third-order valence-corrected chi connectivity index (χ3v) is 5.82. The van der Waals surface area contributed by atoms with Crippen LogP contribution in [0.4, 0.5) is 13.2 Å². The monoisotopic (exact) mass is 396 g/mol. The lowest BCUT2D eigenvalue weighted by Crippen LogP contribution is -2.26. The quantitative estimate of drug-likeness (QED) is 0.692. The van der Waals surface area contributed by atoms with Crippen molar-refractivity contribution in [1.82, 2.24) is 29.7 Å². The maximum absolute atomic E-state index is 12.7. The summed E-state index contributed by atoms with van der Waals surface area (Å²) in [5, 5.41) is 14.1. The molecule has 0 spiro atoms. The third kappa shape index (κ3) is 3.36. The highest BCUT2D eigenvalue weighted by atomic mass is 32.2. The van der Waals surface area contributed by atoms with Crippen LogP contribution in [0.3, 0.4) is 0 Å². The fourth-order valence-corrected chi connectivity index (χ4v) is 4.35. The largest absolute Gasteiger partial charge is 0.453 e. The number of nitrogens with one attached hydrogen (secondary N) is 1. The Kier molecular flexibility index (Phi) is 4.28. The summed E-state index contributed by atoms with van der Waals surface area (Å²) in [6.45, 7) is 2.90. The smallest absolute Gasteiger partial charge is 0.360 e. The van der Waals surface area contributed by atoms with Crippen LogP contribution in [0.2, 0.25) is 0 Å². The normalized spacial score (nSPS) is 13.0. The fourth-order valence-electron chi connectivity index (χ4n) is 2.16. The van der Waals surface area contributed by atoms with Gasteiger partial charge in [-0.05, 0) is 13.8 Å². The number of hydrogen-bond acceptors (Lipinski definition) is 8. The van der Waals surface area contributed by atoms with Crippen molar-refractivity contribution >= 4 is 26.3 Å². The summed E-state index contributed by atoms with van der Waals surface area (Å²) < 4.78 is 70.4. The molecule has 3 heterocycles. The molecule has 0 radical (unpaired) electrons. The lowest BCUT2D eigenvalue weighted by Gasteiger charge is -2.04. The molecule has 25 heavy (non-hydrogen) atoms. The number of halogens is 3. The Labute approximate surface area is 142 Å². The molecule has 0 bridgehead atoms. The summed E-state index contributed by atoms with van der Waals surface area (Å²) in [6.07, 6.45) is -4.58. The maximum Gasteiger partial charge on any atom is 0.453 e. The molecule has 0 unspecified atom stereocenters. The number of alkyl halides is 3. The van der Waals surface area contributed by atoms with Crippen LogP contribution in [0.5, 0.6) is 0 Å². The minimum atomic E-state index is -4.67. The van der Waals surface area contributed by atoms with Crippen LogP contribution in [-0.4, -0.2) is 39.9 Å². The lowest BCUT2D eigenvalue weighted by molar-refractivity contribution is -0.146. The number of sulfonamides is 1. The van der Waals surface area contributed by atoms with Gasteiger partial charge in [0.2, 0.25) is 15.0 Å². The van der Waals surface area contributed by atoms with Gasteiger partial charge in [-0.3, -0.25) is 0 Å². The first-order chi connectivity index (χ1) is 11.6. The van der Waals surface area contributed by atoms with E-state index in [0.29, 0.717) is 4.52 Å². The van der Waals surface area contributed by atoms with Gasteiger partial charge < -0.3 is 4.52 Å². The van der Waals surface area contributed by atoms with Crippen LogP contribution in [0.15, 0.2) is 9.42 Å². The number of hydrogen-bond donors (Lipinski definition) is 1. The molecule has 1 N–H and O–H groups in total. The predicted octanol–water partition coefficient (Wildman–Crippen LogP) is 1.33. The van der Waals surface area contributed by atoms with E-state index in [4.69, 9.17) is 4.52 Å². The first-order valence-corrected chi connectivity index (χ1v) is 9.10. The Morgan fingerprint density at radius 1 is 1.28 bits per heavy atom. The van der Waals surface area contributed by atoms with Gasteiger partial charge in [-0.15, -0.1) is 10.2 Å². The molecule has 0 aromatic carbocycles. The summed E-state index contributed by atoms with van der Waals surface area (Å²) in [7, 11) is -3.84. The molecule has 0 atom stereocenters. The molecule has 3 aromatic heterocycles. The van der Waals surface area contributed by atoms with Crippen LogP contribution in [-0.2, 0) is 22.6 Å². The van der Waals surface area contributed by atoms with Crippen molar-refractivity contribution in [2.75, 3.05) is 6.54 Å². The molecule has 3 aromatic rings. The summed E-state index contributed by atoms with van der Waals surface area (Å²) in [5.74, 6) is -1.07. The van der Waals surface area contributed by atoms with E-state index in [2.05, 4.69) is 25.2 Å². The van der Waals surface area contributed by atoms with Gasteiger partial charge in [0, 0.05) is 13.0 Å². The Bertz CT molecular complexity index is 1000. The lowest BCUT2D eigenvalue weighted by atomic mass is 10.4. The minimum absolute atomic E-state index is 0.0177. The first-order valence-electron chi connectivity index (χ1n) is 6.80. The van der Waals surface area contributed by atoms with Crippen molar-refractivity contribution in [2.45, 2.75) is 31.3 Å². The molecule has 9 nitrogen and oxygen atoms in total. The molecule has 3 rings (SSSR count). The molecule has 0 saturated heterocycles. The molecule has 0 amide bonds. The highest BCUT2D eigenvalue weighted by molar-refractivity contribution is 7.89. The zero-order valence-electron chi connectivity index (χ0n) is 12.8. The second-order valence-corrected chi connectivity index (χ2v) is 7.76. The van der Waals surface area contributed by atoms with Crippen LogP contribution in [0.1, 0.15) is 22.3 Å². The number of aryl methyl sites for hydroxylation is 2. The van der Waals surface area contributed by atoms with E-state index in [-0.39, 0.29) is 39.3 Å². The van der Waals surface area contributed by atoms with Crippen molar-refractivity contribution in [3.8, 4) is 0 Å². The summed E-state index contributed by atoms with van der Waals surface area (Å²) in [6, 6.07) is 0. The number of fused-ring (bicyclic) bond motifs is 1. The molecule has 0 fully saturated rings. The molecule has 0 aliphatic rings. The van der Waals surface area contributed by atoms with Gasteiger partial charge in [0.25, 0.3) is 5.82 Å². The Balaban J connectivity index is 1.72. The molecule has 14 heteroatoms. The molecular weight excluding hydrogens is 385 g/mol. The van der Waals surface area contributed by atoms with Gasteiger partial charge in [0.05, 0.1) is 0 Å². The average Bonchev–Trinajstić information content (AvgIpc) is 3.11. The van der Waals surface area contributed by atoms with Gasteiger partial charge in [-0.2, -0.15) is 22.8 Å². The Hall–Kier alpha value is -2.06. The Morgan fingerprint density at radius 3 is 2.60 bits per heavy atom. The SMILES string of the molecule is Cc1noc(C)c1S(=O)(=O)NCCc1nn2c(C(F)(F)F)nnc2s1. The van der Waals surface area contributed by atoms with E-state index in [9.17, 15) is 21.6 Å². The van der Waals surface area contributed by atoms with Crippen molar-refractivity contribution in [3.05, 3.63) is 22.3 Å². The van der Waals surface area contributed by atoms with Gasteiger partial charge >= 0.3 is 6.18 Å². The van der Waals surface area contributed by atoms with E-state index in [1.54, 1.807) is 0 Å². The minimum Gasteiger partial charge on any atom is -0.360 e. The van der Waals surface area contributed by atoms with E-state index < -0.39 is 22.0 Å². The van der Waals surface area contributed by atoms with Crippen molar-refractivity contribution in [3.63, 3.8) is 0 Å². The van der Waals surface area contributed by atoms with Gasteiger partial charge in [-0.25, -0.2) is 13.1 Å². The van der Waals surface area contributed by atoms with E-state index in [1.807, 2.05) is 0 Å². The maximum atomic E-state index is 12.7. The standard InChI is InChI=1S/C11H11F3N6O3S2/c1-5-8(6(2)23-19-5)25(21,22)15-4-3-7-18-20-9(11(12,13)14)16-17-10(20)24-7/h15H,3-4H2,1-2H3. The average molecular weight is 396 g/mol. The van der Waals surface area contributed by atoms with Crippen molar-refractivity contribution < 1.29 is 26.1 Å². The van der Waals surface area contributed by atoms with Crippen molar-refractivity contribution in [2.24, 2.45) is 0 Å². The zero-order valence-corrected chi connectivity index (χ0v) is 14.5. The molecule has 136 valence electrons. The molecule has 0 saturated carbocycles. The van der Waals surface area contributed by atoms with Crippen LogP contribution in [0, 0.1) is 13.8 Å².